The van der Waals surface area contributed by atoms with Crippen LogP contribution in [0.25, 0.3) is 0 Å². The van der Waals surface area contributed by atoms with Crippen molar-refractivity contribution in [2.75, 3.05) is 13.1 Å². The van der Waals surface area contributed by atoms with Gasteiger partial charge in [-0.25, -0.2) is 0 Å². The molecule has 86 valence electrons. The molecule has 0 bridgehead atoms. The highest BCUT2D eigenvalue weighted by molar-refractivity contribution is 4.98. The van der Waals surface area contributed by atoms with E-state index in [1.807, 2.05) is 0 Å². The Morgan fingerprint density at radius 1 is 0.867 bits per heavy atom. The Morgan fingerprint density at radius 2 is 1.73 bits per heavy atom. The van der Waals surface area contributed by atoms with Gasteiger partial charge in [0.1, 0.15) is 0 Å². The molecule has 3 fully saturated rings. The summed E-state index contributed by atoms with van der Waals surface area (Å²) in [7, 11) is 0. The molecule has 3 rings (SSSR count). The minimum Gasteiger partial charge on any atom is -0.393 e. The molecule has 5 atom stereocenters. The molecule has 1 aliphatic heterocycles. The molecule has 1 saturated heterocycles. The zero-order valence-electron chi connectivity index (χ0n) is 9.18. The lowest BCUT2D eigenvalue weighted by atomic mass is 10.00. The molecule has 0 aromatic heterocycles. The number of rotatable bonds is 1. The van der Waals surface area contributed by atoms with Gasteiger partial charge in [0.2, 0.25) is 0 Å². The van der Waals surface area contributed by atoms with Crippen LogP contribution in [-0.4, -0.2) is 46.5 Å². The molecule has 2 aliphatic carbocycles. The number of fused-ring (bicyclic) bond motifs is 1. The fourth-order valence-electron chi connectivity index (χ4n) is 3.89. The zero-order chi connectivity index (χ0) is 10.4. The molecule has 3 nitrogen and oxygen atoms in total. The number of aliphatic hydroxyl groups is 2. The zero-order valence-corrected chi connectivity index (χ0v) is 9.18. The van der Waals surface area contributed by atoms with E-state index in [4.69, 9.17) is 0 Å². The summed E-state index contributed by atoms with van der Waals surface area (Å²) in [6.07, 6.45) is 5.29. The van der Waals surface area contributed by atoms with Gasteiger partial charge in [0, 0.05) is 25.0 Å². The Kier molecular flexibility index (Phi) is 2.49. The first kappa shape index (κ1) is 10.1. The van der Waals surface area contributed by atoms with E-state index in [9.17, 15) is 10.2 Å². The van der Waals surface area contributed by atoms with E-state index in [-0.39, 0.29) is 12.2 Å². The van der Waals surface area contributed by atoms with Gasteiger partial charge in [-0.3, -0.25) is 4.90 Å². The fourth-order valence-corrected chi connectivity index (χ4v) is 3.89. The van der Waals surface area contributed by atoms with Crippen LogP contribution in [0.1, 0.15) is 32.1 Å². The Bertz CT molecular complexity index is 246. The second kappa shape index (κ2) is 3.72. The second-order valence-corrected chi connectivity index (χ2v) is 5.59. The number of likely N-dealkylation sites (tertiary alicyclic amines) is 1. The standard InChI is InChI=1S/C12H21NO2/c14-11-5-4-8-6-13(7-9(8)11)10-2-1-3-12(10)15/h8-12,14-15H,1-7H2/t8?,9?,10-,11?,12-/m1/s1. The number of hydrogen-bond donors (Lipinski definition) is 2. The molecule has 3 unspecified atom stereocenters. The summed E-state index contributed by atoms with van der Waals surface area (Å²) in [5.41, 5.74) is 0. The molecule has 0 amide bonds. The van der Waals surface area contributed by atoms with Crippen LogP contribution in [0.15, 0.2) is 0 Å². The highest BCUT2D eigenvalue weighted by atomic mass is 16.3. The van der Waals surface area contributed by atoms with Gasteiger partial charge < -0.3 is 10.2 Å². The third-order valence-electron chi connectivity index (χ3n) is 4.76. The van der Waals surface area contributed by atoms with Gasteiger partial charge in [-0.05, 0) is 38.0 Å². The monoisotopic (exact) mass is 211 g/mol. The Morgan fingerprint density at radius 3 is 2.40 bits per heavy atom. The van der Waals surface area contributed by atoms with Crippen LogP contribution in [0.3, 0.4) is 0 Å². The van der Waals surface area contributed by atoms with Crippen LogP contribution in [0, 0.1) is 11.8 Å². The van der Waals surface area contributed by atoms with E-state index in [0.29, 0.717) is 17.9 Å². The highest BCUT2D eigenvalue weighted by Crippen LogP contribution is 2.40. The maximum Gasteiger partial charge on any atom is 0.0695 e. The van der Waals surface area contributed by atoms with Gasteiger partial charge in [0.25, 0.3) is 0 Å². The molecule has 1 heterocycles. The maximum absolute atomic E-state index is 9.87. The average molecular weight is 211 g/mol. The molecule has 0 spiro atoms. The predicted octanol–water partition coefficient (Wildman–Crippen LogP) is 0.603. The summed E-state index contributed by atoms with van der Waals surface area (Å²) in [6.45, 7) is 2.14. The van der Waals surface area contributed by atoms with Crippen molar-refractivity contribution in [2.24, 2.45) is 11.8 Å². The van der Waals surface area contributed by atoms with Crippen LogP contribution < -0.4 is 0 Å². The van der Waals surface area contributed by atoms with Crippen LogP contribution in [0.5, 0.6) is 0 Å². The Labute approximate surface area is 91.1 Å². The number of aliphatic hydroxyl groups excluding tert-OH is 2. The van der Waals surface area contributed by atoms with Crippen LogP contribution >= 0.6 is 0 Å². The smallest absolute Gasteiger partial charge is 0.0695 e. The third kappa shape index (κ3) is 1.61. The minimum atomic E-state index is -0.110. The molecular formula is C12H21NO2. The topological polar surface area (TPSA) is 43.7 Å². The number of hydrogen-bond acceptors (Lipinski definition) is 3. The van der Waals surface area contributed by atoms with Gasteiger partial charge in [-0.15, -0.1) is 0 Å². The molecular weight excluding hydrogens is 190 g/mol. The van der Waals surface area contributed by atoms with Crippen molar-refractivity contribution in [2.45, 2.75) is 50.4 Å². The first-order valence-electron chi connectivity index (χ1n) is 6.36. The summed E-state index contributed by atoms with van der Waals surface area (Å²) in [5, 5.41) is 19.7. The Balaban J connectivity index is 1.66. The number of nitrogens with zero attached hydrogens (tertiary/aromatic N) is 1. The average Bonchev–Trinajstić information content (AvgIpc) is 2.84. The molecule has 3 aliphatic rings. The lowest BCUT2D eigenvalue weighted by Gasteiger charge is -2.27. The molecule has 3 heteroatoms. The lowest BCUT2D eigenvalue weighted by Crippen LogP contribution is -2.39. The summed E-state index contributed by atoms with van der Waals surface area (Å²) in [5.74, 6) is 1.20. The summed E-state index contributed by atoms with van der Waals surface area (Å²) in [4.78, 5) is 2.44. The van der Waals surface area contributed by atoms with E-state index in [1.54, 1.807) is 0 Å². The molecule has 0 aromatic carbocycles. The van der Waals surface area contributed by atoms with E-state index >= 15 is 0 Å². The van der Waals surface area contributed by atoms with E-state index in [2.05, 4.69) is 4.90 Å². The molecule has 2 N–H and O–H groups in total. The minimum absolute atomic E-state index is 0.0708. The molecule has 2 saturated carbocycles. The van der Waals surface area contributed by atoms with Crippen molar-refractivity contribution in [3.05, 3.63) is 0 Å². The van der Waals surface area contributed by atoms with Gasteiger partial charge in [-0.1, -0.05) is 0 Å². The van der Waals surface area contributed by atoms with E-state index < -0.39 is 0 Å². The largest absolute Gasteiger partial charge is 0.393 e. The summed E-state index contributed by atoms with van der Waals surface area (Å²) < 4.78 is 0. The molecule has 15 heavy (non-hydrogen) atoms. The Hall–Kier alpha value is -0.120. The van der Waals surface area contributed by atoms with E-state index in [0.717, 1.165) is 32.4 Å². The summed E-state index contributed by atoms with van der Waals surface area (Å²) in [6, 6.07) is 0.391. The van der Waals surface area contributed by atoms with Crippen LogP contribution in [-0.2, 0) is 0 Å². The van der Waals surface area contributed by atoms with Crippen LogP contribution in [0.2, 0.25) is 0 Å². The maximum atomic E-state index is 9.87. The lowest BCUT2D eigenvalue weighted by molar-refractivity contribution is 0.0695. The normalized spacial score (nSPS) is 51.2. The first-order chi connectivity index (χ1) is 7.25. The SMILES string of the molecule is OC1CCC2CN([C@@H]3CCC[C@H]3O)CC12. The molecule has 0 radical (unpaired) electrons. The van der Waals surface area contributed by atoms with Crippen molar-refractivity contribution < 1.29 is 10.2 Å². The third-order valence-corrected chi connectivity index (χ3v) is 4.76. The van der Waals surface area contributed by atoms with Crippen molar-refractivity contribution in [3.63, 3.8) is 0 Å². The van der Waals surface area contributed by atoms with Gasteiger partial charge in [0.05, 0.1) is 12.2 Å². The van der Waals surface area contributed by atoms with Crippen molar-refractivity contribution >= 4 is 0 Å². The second-order valence-electron chi connectivity index (χ2n) is 5.59. The van der Waals surface area contributed by atoms with Gasteiger partial charge in [-0.2, -0.15) is 0 Å². The van der Waals surface area contributed by atoms with E-state index in [1.165, 1.54) is 12.8 Å². The van der Waals surface area contributed by atoms with Gasteiger partial charge in [0.15, 0.2) is 0 Å². The van der Waals surface area contributed by atoms with Crippen LogP contribution in [0.4, 0.5) is 0 Å². The molecule has 0 aromatic rings. The highest BCUT2D eigenvalue weighted by Gasteiger charge is 2.45. The van der Waals surface area contributed by atoms with Crippen molar-refractivity contribution in [1.82, 2.24) is 4.90 Å². The van der Waals surface area contributed by atoms with Gasteiger partial charge >= 0.3 is 0 Å². The summed E-state index contributed by atoms with van der Waals surface area (Å²) >= 11 is 0. The van der Waals surface area contributed by atoms with Crippen molar-refractivity contribution in [3.8, 4) is 0 Å². The fraction of sp³-hybridized carbons (Fsp3) is 1.00. The predicted molar refractivity (Wildman–Crippen MR) is 57.4 cm³/mol. The van der Waals surface area contributed by atoms with Crippen molar-refractivity contribution in [1.29, 1.82) is 0 Å². The first-order valence-corrected chi connectivity index (χ1v) is 6.36. The quantitative estimate of drug-likeness (QED) is 0.667.